The standard InChI is InChI=1S/C19H24ClN3O5S/c1-4-23(5-2)29(25,26)17-13-14(8-9-15(17)20)18(24)22-16-7-6-10-21-19(16)28-12-11-27-3/h6-10,13H,4-5,11-12H2,1-3H3,(H,22,24). The smallest absolute Gasteiger partial charge is 0.255 e. The van der Waals surface area contributed by atoms with Crippen LogP contribution in [0.1, 0.15) is 24.2 Å². The van der Waals surface area contributed by atoms with Crippen molar-refractivity contribution >= 4 is 33.2 Å². The summed E-state index contributed by atoms with van der Waals surface area (Å²) < 4.78 is 37.3. The minimum atomic E-state index is -3.81. The fourth-order valence-corrected chi connectivity index (χ4v) is 4.52. The van der Waals surface area contributed by atoms with Gasteiger partial charge in [-0.1, -0.05) is 25.4 Å². The topological polar surface area (TPSA) is 97.8 Å². The third-order valence-corrected chi connectivity index (χ3v) is 6.59. The Bertz CT molecular complexity index is 949. The Balaban J connectivity index is 2.30. The van der Waals surface area contributed by atoms with E-state index in [1.165, 1.54) is 28.7 Å². The summed E-state index contributed by atoms with van der Waals surface area (Å²) in [4.78, 5) is 16.7. The molecule has 0 saturated heterocycles. The third kappa shape index (κ3) is 5.66. The summed E-state index contributed by atoms with van der Waals surface area (Å²) in [6.45, 7) is 4.70. The van der Waals surface area contributed by atoms with E-state index < -0.39 is 15.9 Å². The molecule has 0 radical (unpaired) electrons. The molecule has 2 aromatic rings. The maximum absolute atomic E-state index is 12.8. The Labute approximate surface area is 175 Å². The van der Waals surface area contributed by atoms with Crippen LogP contribution in [0.4, 0.5) is 5.69 Å². The number of benzene rings is 1. The maximum atomic E-state index is 12.8. The number of hydrogen-bond acceptors (Lipinski definition) is 6. The van der Waals surface area contributed by atoms with Crippen molar-refractivity contribution < 1.29 is 22.7 Å². The average Bonchev–Trinajstić information content (AvgIpc) is 2.70. The van der Waals surface area contributed by atoms with E-state index in [2.05, 4.69) is 10.3 Å². The number of carbonyl (C=O) groups is 1. The zero-order valence-electron chi connectivity index (χ0n) is 16.5. The molecule has 10 heteroatoms. The van der Waals surface area contributed by atoms with Crippen LogP contribution < -0.4 is 10.1 Å². The van der Waals surface area contributed by atoms with E-state index in [0.717, 1.165) is 0 Å². The summed E-state index contributed by atoms with van der Waals surface area (Å²) in [5.74, 6) is -0.273. The van der Waals surface area contributed by atoms with Crippen LogP contribution in [0.25, 0.3) is 0 Å². The number of halogens is 1. The molecule has 1 aromatic heterocycles. The summed E-state index contributed by atoms with van der Waals surface area (Å²) in [6.07, 6.45) is 1.54. The van der Waals surface area contributed by atoms with Crippen molar-refractivity contribution in [2.24, 2.45) is 0 Å². The summed E-state index contributed by atoms with van der Waals surface area (Å²) >= 11 is 6.12. The highest BCUT2D eigenvalue weighted by molar-refractivity contribution is 7.89. The van der Waals surface area contributed by atoms with Crippen LogP contribution >= 0.6 is 11.6 Å². The Morgan fingerprint density at radius 3 is 2.59 bits per heavy atom. The molecule has 0 atom stereocenters. The molecule has 1 N–H and O–H groups in total. The Kier molecular flexibility index (Phi) is 8.39. The molecule has 1 heterocycles. The third-order valence-electron chi connectivity index (χ3n) is 4.06. The number of aromatic nitrogens is 1. The number of ether oxygens (including phenoxy) is 2. The van der Waals surface area contributed by atoms with E-state index in [0.29, 0.717) is 25.4 Å². The van der Waals surface area contributed by atoms with Crippen LogP contribution in [-0.4, -0.2) is 57.0 Å². The summed E-state index contributed by atoms with van der Waals surface area (Å²) in [5.41, 5.74) is 0.503. The van der Waals surface area contributed by atoms with Crippen molar-refractivity contribution in [3.8, 4) is 5.88 Å². The highest BCUT2D eigenvalue weighted by atomic mass is 35.5. The van der Waals surface area contributed by atoms with E-state index in [1.54, 1.807) is 33.1 Å². The van der Waals surface area contributed by atoms with Crippen molar-refractivity contribution in [1.29, 1.82) is 0 Å². The summed E-state index contributed by atoms with van der Waals surface area (Å²) in [5, 5.41) is 2.74. The fraction of sp³-hybridized carbons (Fsp3) is 0.368. The second-order valence-electron chi connectivity index (χ2n) is 5.89. The van der Waals surface area contributed by atoms with Gasteiger partial charge in [0.05, 0.1) is 11.6 Å². The Morgan fingerprint density at radius 2 is 1.93 bits per heavy atom. The van der Waals surface area contributed by atoms with Gasteiger partial charge in [0.1, 0.15) is 17.2 Å². The van der Waals surface area contributed by atoms with Crippen LogP contribution in [-0.2, 0) is 14.8 Å². The van der Waals surface area contributed by atoms with Gasteiger partial charge in [-0.3, -0.25) is 4.79 Å². The number of carbonyl (C=O) groups excluding carboxylic acids is 1. The minimum Gasteiger partial charge on any atom is -0.474 e. The van der Waals surface area contributed by atoms with Gasteiger partial charge in [0.25, 0.3) is 5.91 Å². The fourth-order valence-electron chi connectivity index (χ4n) is 2.56. The molecule has 158 valence electrons. The van der Waals surface area contributed by atoms with Crippen molar-refractivity contribution in [1.82, 2.24) is 9.29 Å². The van der Waals surface area contributed by atoms with Crippen molar-refractivity contribution in [2.45, 2.75) is 18.7 Å². The molecule has 0 fully saturated rings. The quantitative estimate of drug-likeness (QED) is 0.569. The predicted molar refractivity (Wildman–Crippen MR) is 111 cm³/mol. The Morgan fingerprint density at radius 1 is 1.21 bits per heavy atom. The van der Waals surface area contributed by atoms with Gasteiger partial charge in [-0.25, -0.2) is 13.4 Å². The second-order valence-corrected chi connectivity index (χ2v) is 8.20. The molecule has 29 heavy (non-hydrogen) atoms. The van der Waals surface area contributed by atoms with Crippen molar-refractivity contribution in [3.63, 3.8) is 0 Å². The van der Waals surface area contributed by atoms with E-state index in [1.807, 2.05) is 0 Å². The molecule has 0 aliphatic heterocycles. The average molecular weight is 442 g/mol. The maximum Gasteiger partial charge on any atom is 0.255 e. The van der Waals surface area contributed by atoms with Gasteiger partial charge in [-0.2, -0.15) is 4.31 Å². The van der Waals surface area contributed by atoms with Crippen LogP contribution in [0.2, 0.25) is 5.02 Å². The molecule has 0 bridgehead atoms. The molecule has 1 aromatic carbocycles. The zero-order chi connectivity index (χ0) is 21.4. The number of nitrogens with one attached hydrogen (secondary N) is 1. The lowest BCUT2D eigenvalue weighted by Crippen LogP contribution is -2.31. The molecule has 0 unspecified atom stereocenters. The van der Waals surface area contributed by atoms with Crippen molar-refractivity contribution in [3.05, 3.63) is 47.1 Å². The van der Waals surface area contributed by atoms with E-state index in [9.17, 15) is 13.2 Å². The summed E-state index contributed by atoms with van der Waals surface area (Å²) in [7, 11) is -2.26. The van der Waals surface area contributed by atoms with Gasteiger partial charge in [0.2, 0.25) is 15.9 Å². The molecule has 0 spiro atoms. The van der Waals surface area contributed by atoms with Gasteiger partial charge < -0.3 is 14.8 Å². The number of nitrogens with zero attached hydrogens (tertiary/aromatic N) is 2. The molecule has 0 aliphatic carbocycles. The first-order chi connectivity index (χ1) is 13.8. The van der Waals surface area contributed by atoms with Crippen LogP contribution in [0.3, 0.4) is 0 Å². The monoisotopic (exact) mass is 441 g/mol. The number of methoxy groups -OCH3 is 1. The molecule has 2 rings (SSSR count). The van der Waals surface area contributed by atoms with Crippen LogP contribution in [0, 0.1) is 0 Å². The first-order valence-electron chi connectivity index (χ1n) is 9.02. The zero-order valence-corrected chi connectivity index (χ0v) is 18.1. The van der Waals surface area contributed by atoms with Crippen LogP contribution in [0.5, 0.6) is 5.88 Å². The van der Waals surface area contributed by atoms with E-state index in [4.69, 9.17) is 21.1 Å². The molecular weight excluding hydrogens is 418 g/mol. The first kappa shape index (κ1) is 23.1. The van der Waals surface area contributed by atoms with Gasteiger partial charge in [-0.05, 0) is 30.3 Å². The largest absolute Gasteiger partial charge is 0.474 e. The number of anilines is 1. The van der Waals surface area contributed by atoms with Gasteiger partial charge in [-0.15, -0.1) is 0 Å². The number of sulfonamides is 1. The molecule has 8 nitrogen and oxygen atoms in total. The number of pyridine rings is 1. The normalized spacial score (nSPS) is 11.5. The van der Waals surface area contributed by atoms with Crippen LogP contribution in [0.15, 0.2) is 41.4 Å². The lowest BCUT2D eigenvalue weighted by molar-refractivity contribution is 0.102. The number of hydrogen-bond donors (Lipinski definition) is 1. The number of rotatable bonds is 10. The summed E-state index contributed by atoms with van der Waals surface area (Å²) in [6, 6.07) is 7.41. The highest BCUT2D eigenvalue weighted by Gasteiger charge is 2.25. The number of amides is 1. The highest BCUT2D eigenvalue weighted by Crippen LogP contribution is 2.27. The van der Waals surface area contributed by atoms with E-state index in [-0.39, 0.29) is 28.0 Å². The molecule has 0 saturated carbocycles. The lowest BCUT2D eigenvalue weighted by atomic mass is 10.2. The molecular formula is C19H24ClN3O5S. The van der Waals surface area contributed by atoms with Gasteiger partial charge in [0, 0.05) is 32.0 Å². The predicted octanol–water partition coefficient (Wildman–Crippen LogP) is 3.04. The molecule has 0 aliphatic rings. The minimum absolute atomic E-state index is 0.0541. The van der Waals surface area contributed by atoms with Gasteiger partial charge in [0.15, 0.2) is 0 Å². The Hall–Kier alpha value is -2.20. The van der Waals surface area contributed by atoms with Crippen molar-refractivity contribution in [2.75, 3.05) is 38.7 Å². The lowest BCUT2D eigenvalue weighted by Gasteiger charge is -2.19. The SMILES string of the molecule is CCN(CC)S(=O)(=O)c1cc(C(=O)Nc2cccnc2OCCOC)ccc1Cl. The van der Waals surface area contributed by atoms with E-state index >= 15 is 0 Å². The second kappa shape index (κ2) is 10.5. The first-order valence-corrected chi connectivity index (χ1v) is 10.8. The van der Waals surface area contributed by atoms with Gasteiger partial charge >= 0.3 is 0 Å². The molecule has 1 amide bonds.